The number of piperidine rings is 1. The van der Waals surface area contributed by atoms with E-state index in [0.717, 1.165) is 24.4 Å². The van der Waals surface area contributed by atoms with Crippen LogP contribution in [0.4, 0.5) is 0 Å². The monoisotopic (exact) mass is 266 g/mol. The van der Waals surface area contributed by atoms with Gasteiger partial charge in [-0.25, -0.2) is 0 Å². The van der Waals surface area contributed by atoms with Crippen molar-refractivity contribution in [1.29, 1.82) is 0 Å². The molecule has 1 aliphatic carbocycles. The standard InChI is InChI=1S/C17H34N2/c1-4-15-8-10-17(11-9-15)19-12-6-7-16(13-19)14(3)18-5-2/h14-18H,4-13H2,1-3H3. The Balaban J connectivity index is 1.80. The van der Waals surface area contributed by atoms with Crippen LogP contribution in [0.25, 0.3) is 0 Å². The first-order valence-electron chi connectivity index (χ1n) is 8.72. The van der Waals surface area contributed by atoms with E-state index in [9.17, 15) is 0 Å². The number of nitrogens with one attached hydrogen (secondary N) is 1. The first-order chi connectivity index (χ1) is 9.24. The van der Waals surface area contributed by atoms with Gasteiger partial charge in [0, 0.05) is 18.6 Å². The largest absolute Gasteiger partial charge is 0.314 e. The minimum absolute atomic E-state index is 0.694. The van der Waals surface area contributed by atoms with E-state index < -0.39 is 0 Å². The van der Waals surface area contributed by atoms with Crippen LogP contribution in [0.5, 0.6) is 0 Å². The Morgan fingerprint density at radius 1 is 1.11 bits per heavy atom. The lowest BCUT2D eigenvalue weighted by Crippen LogP contribution is -2.49. The third-order valence-corrected chi connectivity index (χ3v) is 5.63. The predicted molar refractivity (Wildman–Crippen MR) is 83.5 cm³/mol. The lowest BCUT2D eigenvalue weighted by molar-refractivity contribution is 0.0761. The molecule has 0 amide bonds. The molecule has 2 heteroatoms. The van der Waals surface area contributed by atoms with E-state index in [4.69, 9.17) is 0 Å². The average molecular weight is 266 g/mol. The molecule has 0 bridgehead atoms. The van der Waals surface area contributed by atoms with Gasteiger partial charge in [-0.05, 0) is 70.4 Å². The number of rotatable bonds is 5. The lowest BCUT2D eigenvalue weighted by Gasteiger charge is -2.43. The topological polar surface area (TPSA) is 15.3 Å². The van der Waals surface area contributed by atoms with Crippen molar-refractivity contribution in [3.8, 4) is 0 Å². The van der Waals surface area contributed by atoms with Gasteiger partial charge in [-0.3, -0.25) is 0 Å². The summed E-state index contributed by atoms with van der Waals surface area (Å²) in [5, 5.41) is 3.63. The first kappa shape index (κ1) is 15.3. The Morgan fingerprint density at radius 3 is 2.47 bits per heavy atom. The van der Waals surface area contributed by atoms with Gasteiger partial charge in [0.25, 0.3) is 0 Å². The fourth-order valence-corrected chi connectivity index (χ4v) is 4.19. The van der Waals surface area contributed by atoms with Gasteiger partial charge in [0.2, 0.25) is 0 Å². The number of nitrogens with zero attached hydrogens (tertiary/aromatic N) is 1. The predicted octanol–water partition coefficient (Wildman–Crippen LogP) is 3.67. The zero-order valence-corrected chi connectivity index (χ0v) is 13.3. The van der Waals surface area contributed by atoms with Crippen LogP contribution in [-0.2, 0) is 0 Å². The molecule has 0 aromatic carbocycles. The highest BCUT2D eigenvalue weighted by molar-refractivity contribution is 4.86. The van der Waals surface area contributed by atoms with Crippen LogP contribution in [0.15, 0.2) is 0 Å². The number of hydrogen-bond donors (Lipinski definition) is 1. The van der Waals surface area contributed by atoms with Gasteiger partial charge in [0.15, 0.2) is 0 Å². The number of likely N-dealkylation sites (tertiary alicyclic amines) is 1. The Kier molecular flexibility index (Phi) is 6.15. The quantitative estimate of drug-likeness (QED) is 0.817. The maximum absolute atomic E-state index is 3.63. The summed E-state index contributed by atoms with van der Waals surface area (Å²) >= 11 is 0. The molecular weight excluding hydrogens is 232 g/mol. The minimum atomic E-state index is 0.694. The van der Waals surface area contributed by atoms with Crippen LogP contribution in [0.1, 0.15) is 65.7 Å². The molecule has 2 unspecified atom stereocenters. The molecule has 0 aromatic heterocycles. The van der Waals surface area contributed by atoms with E-state index in [1.165, 1.54) is 58.0 Å². The molecule has 2 fully saturated rings. The molecule has 1 saturated heterocycles. The fourth-order valence-electron chi connectivity index (χ4n) is 4.19. The second-order valence-electron chi connectivity index (χ2n) is 6.83. The van der Waals surface area contributed by atoms with Gasteiger partial charge in [0.05, 0.1) is 0 Å². The van der Waals surface area contributed by atoms with Crippen molar-refractivity contribution >= 4 is 0 Å². The number of hydrogen-bond acceptors (Lipinski definition) is 2. The van der Waals surface area contributed by atoms with E-state index >= 15 is 0 Å². The maximum atomic E-state index is 3.63. The second-order valence-corrected chi connectivity index (χ2v) is 6.83. The maximum Gasteiger partial charge on any atom is 0.00955 e. The summed E-state index contributed by atoms with van der Waals surface area (Å²) in [4.78, 5) is 2.83. The molecule has 0 spiro atoms. The summed E-state index contributed by atoms with van der Waals surface area (Å²) < 4.78 is 0. The zero-order chi connectivity index (χ0) is 13.7. The molecular formula is C17H34N2. The Labute approximate surface area is 120 Å². The third-order valence-electron chi connectivity index (χ3n) is 5.63. The molecule has 2 atom stereocenters. The highest BCUT2D eigenvalue weighted by Crippen LogP contribution is 2.32. The van der Waals surface area contributed by atoms with Crippen LogP contribution >= 0.6 is 0 Å². The molecule has 1 aliphatic heterocycles. The van der Waals surface area contributed by atoms with Crippen molar-refractivity contribution in [2.75, 3.05) is 19.6 Å². The molecule has 112 valence electrons. The molecule has 0 aromatic rings. The van der Waals surface area contributed by atoms with Crippen molar-refractivity contribution in [2.24, 2.45) is 11.8 Å². The second kappa shape index (κ2) is 7.64. The summed E-state index contributed by atoms with van der Waals surface area (Å²) in [5.74, 6) is 1.90. The molecule has 1 heterocycles. The molecule has 2 rings (SSSR count). The summed E-state index contributed by atoms with van der Waals surface area (Å²) in [6, 6.07) is 1.60. The third kappa shape index (κ3) is 4.19. The van der Waals surface area contributed by atoms with Crippen LogP contribution < -0.4 is 5.32 Å². The van der Waals surface area contributed by atoms with E-state index in [-0.39, 0.29) is 0 Å². The van der Waals surface area contributed by atoms with Gasteiger partial charge in [-0.2, -0.15) is 0 Å². The molecule has 1 N–H and O–H groups in total. The van der Waals surface area contributed by atoms with Crippen molar-refractivity contribution < 1.29 is 0 Å². The molecule has 19 heavy (non-hydrogen) atoms. The summed E-state index contributed by atoms with van der Waals surface area (Å²) in [6.45, 7) is 10.8. The Morgan fingerprint density at radius 2 is 1.84 bits per heavy atom. The van der Waals surface area contributed by atoms with Crippen molar-refractivity contribution in [3.63, 3.8) is 0 Å². The normalized spacial score (nSPS) is 35.2. The Hall–Kier alpha value is -0.0800. The van der Waals surface area contributed by atoms with Crippen LogP contribution in [0.3, 0.4) is 0 Å². The molecule has 2 nitrogen and oxygen atoms in total. The smallest absolute Gasteiger partial charge is 0.00955 e. The van der Waals surface area contributed by atoms with Crippen LogP contribution in [0, 0.1) is 11.8 Å². The average Bonchev–Trinajstić information content (AvgIpc) is 2.48. The molecule has 2 aliphatic rings. The van der Waals surface area contributed by atoms with E-state index in [1.807, 2.05) is 0 Å². The van der Waals surface area contributed by atoms with E-state index in [2.05, 4.69) is 31.0 Å². The van der Waals surface area contributed by atoms with Gasteiger partial charge in [-0.1, -0.05) is 20.3 Å². The van der Waals surface area contributed by atoms with Crippen molar-refractivity contribution in [2.45, 2.75) is 77.8 Å². The van der Waals surface area contributed by atoms with E-state index in [1.54, 1.807) is 0 Å². The lowest BCUT2D eigenvalue weighted by atomic mass is 9.82. The van der Waals surface area contributed by atoms with Gasteiger partial charge >= 0.3 is 0 Å². The van der Waals surface area contributed by atoms with Crippen molar-refractivity contribution in [1.82, 2.24) is 10.2 Å². The van der Waals surface area contributed by atoms with Gasteiger partial charge < -0.3 is 10.2 Å². The Bertz CT molecular complexity index is 246. The SMILES string of the molecule is CCNC(C)C1CCCN(C2CCC(CC)CC2)C1. The summed E-state index contributed by atoms with van der Waals surface area (Å²) in [6.07, 6.45) is 10.1. The first-order valence-corrected chi connectivity index (χ1v) is 8.72. The molecule has 0 radical (unpaired) electrons. The van der Waals surface area contributed by atoms with Crippen LogP contribution in [0.2, 0.25) is 0 Å². The highest BCUT2D eigenvalue weighted by Gasteiger charge is 2.30. The summed E-state index contributed by atoms with van der Waals surface area (Å²) in [5.41, 5.74) is 0. The van der Waals surface area contributed by atoms with Crippen molar-refractivity contribution in [3.05, 3.63) is 0 Å². The highest BCUT2D eigenvalue weighted by atomic mass is 15.2. The zero-order valence-electron chi connectivity index (χ0n) is 13.3. The van der Waals surface area contributed by atoms with Crippen LogP contribution in [-0.4, -0.2) is 36.6 Å². The summed E-state index contributed by atoms with van der Waals surface area (Å²) in [7, 11) is 0. The van der Waals surface area contributed by atoms with Gasteiger partial charge in [0.1, 0.15) is 0 Å². The minimum Gasteiger partial charge on any atom is -0.314 e. The van der Waals surface area contributed by atoms with Gasteiger partial charge in [-0.15, -0.1) is 0 Å². The van der Waals surface area contributed by atoms with E-state index in [0.29, 0.717) is 6.04 Å². The fraction of sp³-hybridized carbons (Fsp3) is 1.00. The molecule has 1 saturated carbocycles.